The van der Waals surface area contributed by atoms with Crippen LogP contribution in [-0.2, 0) is 0 Å². The number of carbonyl (C=O) groups excluding carboxylic acids is 1. The van der Waals surface area contributed by atoms with Gasteiger partial charge in [0.25, 0.3) is 0 Å². The fraction of sp³-hybridized carbons (Fsp3) is 0.500. The molecule has 2 aliphatic rings. The Bertz CT molecular complexity index is 760. The lowest BCUT2D eigenvalue weighted by atomic mass is 9.84. The van der Waals surface area contributed by atoms with Crippen LogP contribution in [-0.4, -0.2) is 38.4 Å². The van der Waals surface area contributed by atoms with Crippen LogP contribution in [0, 0.1) is 0 Å². The van der Waals surface area contributed by atoms with E-state index in [1.54, 1.807) is 19.9 Å². The van der Waals surface area contributed by atoms with Gasteiger partial charge in [0.1, 0.15) is 46.2 Å². The summed E-state index contributed by atoms with van der Waals surface area (Å²) < 4.78 is 11.8. The highest BCUT2D eigenvalue weighted by Gasteiger charge is 2.47. The maximum atomic E-state index is 12.1. The number of aliphatic hydroxyl groups is 2. The Morgan fingerprint density at radius 2 is 1.75 bits per heavy atom. The molecule has 0 fully saturated rings. The predicted molar refractivity (Wildman–Crippen MR) is 87.5 cm³/mol. The van der Waals surface area contributed by atoms with Crippen LogP contribution in [0.4, 0.5) is 0 Å². The van der Waals surface area contributed by atoms with Gasteiger partial charge in [-0.3, -0.25) is 4.79 Å². The second-order valence-electron chi connectivity index (χ2n) is 7.40. The topological polar surface area (TPSA) is 96.2 Å². The number of aromatic hydroxyl groups is 1. The Morgan fingerprint density at radius 3 is 2.33 bits per heavy atom. The molecular formula is C18H22O6. The normalized spacial score (nSPS) is 26.0. The number of ether oxygens (including phenoxy) is 2. The Kier molecular flexibility index (Phi) is 3.48. The van der Waals surface area contributed by atoms with E-state index in [0.717, 1.165) is 0 Å². The van der Waals surface area contributed by atoms with Gasteiger partial charge < -0.3 is 24.8 Å². The average molecular weight is 334 g/mol. The first kappa shape index (κ1) is 16.8. The summed E-state index contributed by atoms with van der Waals surface area (Å²) in [7, 11) is 0. The van der Waals surface area contributed by atoms with E-state index in [9.17, 15) is 20.1 Å². The number of phenolic OH excluding ortho intramolecular Hbond substituents is 1. The third-order valence-electron chi connectivity index (χ3n) is 4.49. The van der Waals surface area contributed by atoms with Crippen LogP contribution in [0.5, 0.6) is 17.2 Å². The van der Waals surface area contributed by atoms with Crippen molar-refractivity contribution in [2.24, 2.45) is 0 Å². The largest absolute Gasteiger partial charge is 0.507 e. The van der Waals surface area contributed by atoms with Crippen molar-refractivity contribution >= 4 is 11.9 Å². The molecule has 2 atom stereocenters. The van der Waals surface area contributed by atoms with Gasteiger partial charge in [-0.1, -0.05) is 0 Å². The lowest BCUT2D eigenvalue weighted by molar-refractivity contribution is -0.112. The van der Waals surface area contributed by atoms with Gasteiger partial charge in [0, 0.05) is 0 Å². The van der Waals surface area contributed by atoms with Gasteiger partial charge in [-0.15, -0.1) is 0 Å². The molecule has 0 saturated heterocycles. The van der Waals surface area contributed by atoms with Crippen molar-refractivity contribution in [2.45, 2.75) is 58.0 Å². The first-order valence-corrected chi connectivity index (χ1v) is 7.83. The number of hydrogen-bond acceptors (Lipinski definition) is 6. The van der Waals surface area contributed by atoms with Crippen molar-refractivity contribution in [3.63, 3.8) is 0 Å². The molecule has 6 heteroatoms. The SMILES string of the molecule is CC(=O)c1c(O)c2c(c3c1OC(C)(C)C=C3)OC(C)(C)C(O)C2O. The maximum Gasteiger partial charge on any atom is 0.167 e. The lowest BCUT2D eigenvalue weighted by Crippen LogP contribution is -2.49. The molecule has 24 heavy (non-hydrogen) atoms. The van der Waals surface area contributed by atoms with Gasteiger partial charge in [0.05, 0.1) is 11.1 Å². The number of rotatable bonds is 1. The number of ketones is 1. The maximum absolute atomic E-state index is 12.1. The van der Waals surface area contributed by atoms with Crippen LogP contribution in [0.1, 0.15) is 62.2 Å². The molecule has 6 nitrogen and oxygen atoms in total. The molecule has 2 aliphatic heterocycles. The molecule has 0 aliphatic carbocycles. The fourth-order valence-electron chi connectivity index (χ4n) is 3.14. The highest BCUT2D eigenvalue weighted by atomic mass is 16.5. The number of phenols is 1. The number of Topliss-reactive ketones (excluding diaryl/α,β-unsaturated/α-hetero) is 1. The molecule has 0 saturated carbocycles. The van der Waals surface area contributed by atoms with E-state index in [2.05, 4.69) is 0 Å². The van der Waals surface area contributed by atoms with Crippen LogP contribution in [0.2, 0.25) is 0 Å². The molecule has 2 heterocycles. The van der Waals surface area contributed by atoms with Crippen molar-refractivity contribution in [1.82, 2.24) is 0 Å². The van der Waals surface area contributed by atoms with Gasteiger partial charge in [0.15, 0.2) is 5.78 Å². The minimum Gasteiger partial charge on any atom is -0.507 e. The van der Waals surface area contributed by atoms with Crippen molar-refractivity contribution in [2.75, 3.05) is 0 Å². The van der Waals surface area contributed by atoms with Crippen LogP contribution in [0.3, 0.4) is 0 Å². The predicted octanol–water partition coefficient (Wildman–Crippen LogP) is 2.34. The van der Waals surface area contributed by atoms with E-state index >= 15 is 0 Å². The van der Waals surface area contributed by atoms with Crippen molar-refractivity contribution in [3.8, 4) is 17.2 Å². The molecule has 1 aromatic carbocycles. The molecule has 0 radical (unpaired) electrons. The number of fused-ring (bicyclic) bond motifs is 3. The average Bonchev–Trinajstić information content (AvgIpc) is 2.42. The van der Waals surface area contributed by atoms with Crippen molar-refractivity contribution in [3.05, 3.63) is 22.8 Å². The summed E-state index contributed by atoms with van der Waals surface area (Å²) >= 11 is 0. The Morgan fingerprint density at radius 1 is 1.12 bits per heavy atom. The highest BCUT2D eigenvalue weighted by Crippen LogP contribution is 2.53. The molecule has 1 aromatic rings. The molecule has 0 bridgehead atoms. The molecule has 0 aromatic heterocycles. The van der Waals surface area contributed by atoms with Gasteiger partial charge in [0.2, 0.25) is 0 Å². The number of carbonyl (C=O) groups is 1. The molecule has 130 valence electrons. The Balaban J connectivity index is 2.37. The molecular weight excluding hydrogens is 312 g/mol. The van der Waals surface area contributed by atoms with E-state index in [1.165, 1.54) is 6.92 Å². The number of benzene rings is 1. The van der Waals surface area contributed by atoms with Crippen molar-refractivity contribution in [1.29, 1.82) is 0 Å². The minimum absolute atomic E-state index is 0.0127. The zero-order valence-electron chi connectivity index (χ0n) is 14.4. The summed E-state index contributed by atoms with van der Waals surface area (Å²) in [5, 5.41) is 31.4. The van der Waals surface area contributed by atoms with E-state index in [4.69, 9.17) is 9.47 Å². The first-order chi connectivity index (χ1) is 11.0. The lowest BCUT2D eigenvalue weighted by Gasteiger charge is -2.42. The van der Waals surface area contributed by atoms with Crippen LogP contribution < -0.4 is 9.47 Å². The Labute approximate surface area is 140 Å². The quantitative estimate of drug-likeness (QED) is 0.682. The zero-order valence-corrected chi connectivity index (χ0v) is 14.4. The zero-order chi connectivity index (χ0) is 18.0. The minimum atomic E-state index is -1.38. The van der Waals surface area contributed by atoms with E-state index in [1.807, 2.05) is 19.9 Å². The van der Waals surface area contributed by atoms with E-state index in [0.29, 0.717) is 5.56 Å². The van der Waals surface area contributed by atoms with Gasteiger partial charge in [-0.05, 0) is 46.8 Å². The molecule has 3 rings (SSSR count). The summed E-state index contributed by atoms with van der Waals surface area (Å²) in [5.41, 5.74) is -1.24. The summed E-state index contributed by atoms with van der Waals surface area (Å²) in [6.45, 7) is 8.26. The molecule has 2 unspecified atom stereocenters. The summed E-state index contributed by atoms with van der Waals surface area (Å²) in [6, 6.07) is 0. The number of hydrogen-bond donors (Lipinski definition) is 3. The standard InChI is InChI=1S/C18H22O6/c1-8(19)10-12(20)11-13(21)16(22)18(4,5)24-15(11)9-6-7-17(2,3)23-14(9)10/h6-7,13,16,20-22H,1-5H3. The first-order valence-electron chi connectivity index (χ1n) is 7.83. The monoisotopic (exact) mass is 334 g/mol. The van der Waals surface area contributed by atoms with E-state index < -0.39 is 34.9 Å². The van der Waals surface area contributed by atoms with Crippen molar-refractivity contribution < 1.29 is 29.6 Å². The second kappa shape index (κ2) is 4.97. The summed E-state index contributed by atoms with van der Waals surface area (Å²) in [6.07, 6.45) is 0.933. The third kappa shape index (κ3) is 2.29. The molecule has 0 amide bonds. The highest BCUT2D eigenvalue weighted by molar-refractivity contribution is 6.02. The fourth-order valence-corrected chi connectivity index (χ4v) is 3.14. The summed E-state index contributed by atoms with van der Waals surface area (Å²) in [5.74, 6) is -0.360. The number of aliphatic hydroxyl groups excluding tert-OH is 2. The van der Waals surface area contributed by atoms with Crippen LogP contribution in [0.25, 0.3) is 6.08 Å². The molecule has 3 N–H and O–H groups in total. The summed E-state index contributed by atoms with van der Waals surface area (Å²) in [4.78, 5) is 12.1. The van der Waals surface area contributed by atoms with Crippen LogP contribution in [0.15, 0.2) is 6.08 Å². The van der Waals surface area contributed by atoms with Gasteiger partial charge >= 0.3 is 0 Å². The van der Waals surface area contributed by atoms with Gasteiger partial charge in [-0.2, -0.15) is 0 Å². The third-order valence-corrected chi connectivity index (χ3v) is 4.49. The van der Waals surface area contributed by atoms with Gasteiger partial charge in [-0.25, -0.2) is 0 Å². The van der Waals surface area contributed by atoms with Crippen LogP contribution >= 0.6 is 0 Å². The smallest absolute Gasteiger partial charge is 0.167 e. The second-order valence-corrected chi connectivity index (χ2v) is 7.40. The molecule has 0 spiro atoms. The Hall–Kier alpha value is -2.05. The van der Waals surface area contributed by atoms with E-state index in [-0.39, 0.29) is 22.6 Å².